The zero-order chi connectivity index (χ0) is 14.1. The molecule has 1 saturated heterocycles. The Labute approximate surface area is 112 Å². The molecule has 0 radical (unpaired) electrons. The van der Waals surface area contributed by atoms with Gasteiger partial charge < -0.3 is 9.47 Å². The minimum Gasteiger partial charge on any atom is -0.471 e. The Bertz CT molecular complexity index is 673. The smallest absolute Gasteiger partial charge is 0.305 e. The van der Waals surface area contributed by atoms with E-state index in [1.165, 1.54) is 6.33 Å². The fourth-order valence-corrected chi connectivity index (χ4v) is 2.04. The molecule has 1 fully saturated rings. The summed E-state index contributed by atoms with van der Waals surface area (Å²) in [6.45, 7) is 1.04. The SMILES string of the molecule is O=[N+]([O-])c1cc2c(O[C@H]3CCOC3)ncnc2cc1F. The fraction of sp³-hybridized carbons (Fsp3) is 0.333. The van der Waals surface area contributed by atoms with Crippen molar-refractivity contribution in [3.05, 3.63) is 34.4 Å². The van der Waals surface area contributed by atoms with Crippen LogP contribution < -0.4 is 4.74 Å². The maximum Gasteiger partial charge on any atom is 0.305 e. The van der Waals surface area contributed by atoms with Crippen LogP contribution in [0.3, 0.4) is 0 Å². The maximum absolute atomic E-state index is 13.5. The molecule has 1 aromatic carbocycles. The molecule has 0 aliphatic carbocycles. The summed E-state index contributed by atoms with van der Waals surface area (Å²) in [5.74, 6) is -0.732. The number of aromatic nitrogens is 2. The molecule has 0 amide bonds. The largest absolute Gasteiger partial charge is 0.471 e. The first kappa shape index (κ1) is 12.7. The van der Waals surface area contributed by atoms with Crippen molar-refractivity contribution in [1.82, 2.24) is 9.97 Å². The number of nitro groups is 1. The molecule has 0 bridgehead atoms. The Hall–Kier alpha value is -2.35. The number of nitrogens with zero attached hydrogens (tertiary/aromatic N) is 3. The summed E-state index contributed by atoms with van der Waals surface area (Å²) in [4.78, 5) is 17.9. The highest BCUT2D eigenvalue weighted by Crippen LogP contribution is 2.29. The topological polar surface area (TPSA) is 87.4 Å². The maximum atomic E-state index is 13.5. The Balaban J connectivity index is 2.07. The quantitative estimate of drug-likeness (QED) is 0.629. The number of nitro benzene ring substituents is 1. The molecule has 1 aliphatic heterocycles. The van der Waals surface area contributed by atoms with Gasteiger partial charge in [0.05, 0.1) is 29.0 Å². The van der Waals surface area contributed by atoms with Crippen LogP contribution in [0, 0.1) is 15.9 Å². The summed E-state index contributed by atoms with van der Waals surface area (Å²) in [6, 6.07) is 2.10. The number of hydrogen-bond acceptors (Lipinski definition) is 6. The van der Waals surface area contributed by atoms with Crippen molar-refractivity contribution in [2.75, 3.05) is 13.2 Å². The molecule has 0 N–H and O–H groups in total. The number of rotatable bonds is 3. The predicted molar refractivity (Wildman–Crippen MR) is 66.0 cm³/mol. The van der Waals surface area contributed by atoms with Gasteiger partial charge in [-0.2, -0.15) is 4.39 Å². The second-order valence-electron chi connectivity index (χ2n) is 4.36. The second kappa shape index (κ2) is 4.97. The zero-order valence-electron chi connectivity index (χ0n) is 10.3. The first-order chi connectivity index (χ1) is 9.65. The molecule has 2 heterocycles. The summed E-state index contributed by atoms with van der Waals surface area (Å²) in [5, 5.41) is 11.1. The molecule has 1 atom stereocenters. The summed E-state index contributed by atoms with van der Waals surface area (Å²) < 4.78 is 24.4. The lowest BCUT2D eigenvalue weighted by molar-refractivity contribution is -0.387. The first-order valence-corrected chi connectivity index (χ1v) is 5.98. The first-order valence-electron chi connectivity index (χ1n) is 5.98. The minimum atomic E-state index is -0.934. The van der Waals surface area contributed by atoms with Gasteiger partial charge in [0, 0.05) is 18.6 Å². The Morgan fingerprint density at radius 3 is 3.00 bits per heavy atom. The van der Waals surface area contributed by atoms with E-state index in [4.69, 9.17) is 9.47 Å². The number of ether oxygens (including phenoxy) is 2. The van der Waals surface area contributed by atoms with Gasteiger partial charge in [0.15, 0.2) is 0 Å². The van der Waals surface area contributed by atoms with E-state index in [9.17, 15) is 14.5 Å². The van der Waals surface area contributed by atoms with Crippen LogP contribution in [0.2, 0.25) is 0 Å². The highest BCUT2D eigenvalue weighted by atomic mass is 19.1. The van der Waals surface area contributed by atoms with Crippen LogP contribution in [-0.4, -0.2) is 34.2 Å². The van der Waals surface area contributed by atoms with Gasteiger partial charge in [0.1, 0.15) is 12.4 Å². The third kappa shape index (κ3) is 2.25. The number of hydrogen-bond donors (Lipinski definition) is 0. The monoisotopic (exact) mass is 279 g/mol. The van der Waals surface area contributed by atoms with E-state index in [0.717, 1.165) is 18.6 Å². The van der Waals surface area contributed by atoms with Crippen molar-refractivity contribution >= 4 is 16.6 Å². The molecule has 1 aliphatic rings. The van der Waals surface area contributed by atoms with Crippen LogP contribution in [0.4, 0.5) is 10.1 Å². The van der Waals surface area contributed by atoms with Crippen molar-refractivity contribution in [3.8, 4) is 5.88 Å². The van der Waals surface area contributed by atoms with Gasteiger partial charge in [0.25, 0.3) is 0 Å². The average molecular weight is 279 g/mol. The van der Waals surface area contributed by atoms with Crippen molar-refractivity contribution < 1.29 is 18.8 Å². The second-order valence-corrected chi connectivity index (χ2v) is 4.36. The van der Waals surface area contributed by atoms with Crippen LogP contribution in [0.5, 0.6) is 5.88 Å². The molecule has 1 aromatic heterocycles. The Morgan fingerprint density at radius 1 is 1.45 bits per heavy atom. The highest BCUT2D eigenvalue weighted by molar-refractivity contribution is 5.85. The van der Waals surface area contributed by atoms with E-state index in [2.05, 4.69) is 9.97 Å². The number of halogens is 1. The molecule has 20 heavy (non-hydrogen) atoms. The third-order valence-corrected chi connectivity index (χ3v) is 3.03. The van der Waals surface area contributed by atoms with Crippen molar-refractivity contribution in [2.24, 2.45) is 0 Å². The van der Waals surface area contributed by atoms with Crippen LogP contribution in [0.25, 0.3) is 10.9 Å². The predicted octanol–water partition coefficient (Wildman–Crippen LogP) is 1.84. The van der Waals surface area contributed by atoms with Crippen molar-refractivity contribution in [2.45, 2.75) is 12.5 Å². The van der Waals surface area contributed by atoms with E-state index in [1.54, 1.807) is 0 Å². The normalized spacial score (nSPS) is 18.4. The van der Waals surface area contributed by atoms with Crippen molar-refractivity contribution in [1.29, 1.82) is 0 Å². The lowest BCUT2D eigenvalue weighted by Crippen LogP contribution is -2.16. The lowest BCUT2D eigenvalue weighted by Gasteiger charge is -2.12. The van der Waals surface area contributed by atoms with E-state index in [-0.39, 0.29) is 17.5 Å². The van der Waals surface area contributed by atoms with E-state index in [1.807, 2.05) is 0 Å². The van der Waals surface area contributed by atoms with Gasteiger partial charge in [-0.1, -0.05) is 0 Å². The zero-order valence-corrected chi connectivity index (χ0v) is 10.3. The number of benzene rings is 1. The van der Waals surface area contributed by atoms with Gasteiger partial charge >= 0.3 is 5.69 Å². The van der Waals surface area contributed by atoms with Crippen LogP contribution in [-0.2, 0) is 4.74 Å². The fourth-order valence-electron chi connectivity index (χ4n) is 2.04. The average Bonchev–Trinajstić information content (AvgIpc) is 2.91. The molecule has 2 aromatic rings. The standard InChI is InChI=1S/C12H10FN3O4/c13-9-4-10-8(3-11(9)16(17)18)12(15-6-14-10)20-7-1-2-19-5-7/h3-4,6-7H,1-2,5H2/t7-/m0/s1. The van der Waals surface area contributed by atoms with Gasteiger partial charge in [-0.15, -0.1) is 0 Å². The molecule has 0 spiro atoms. The number of fused-ring (bicyclic) bond motifs is 1. The summed E-state index contributed by atoms with van der Waals surface area (Å²) in [5.41, 5.74) is -0.364. The van der Waals surface area contributed by atoms with Gasteiger partial charge in [-0.25, -0.2) is 9.97 Å². The molecule has 0 unspecified atom stereocenters. The van der Waals surface area contributed by atoms with Gasteiger partial charge in [0.2, 0.25) is 11.7 Å². The van der Waals surface area contributed by atoms with Gasteiger partial charge in [-0.05, 0) is 0 Å². The molecule has 104 valence electrons. The van der Waals surface area contributed by atoms with E-state index < -0.39 is 16.4 Å². The summed E-state index contributed by atoms with van der Waals surface area (Å²) in [7, 11) is 0. The molecular weight excluding hydrogens is 269 g/mol. The van der Waals surface area contributed by atoms with Gasteiger partial charge in [-0.3, -0.25) is 10.1 Å². The minimum absolute atomic E-state index is 0.155. The van der Waals surface area contributed by atoms with E-state index in [0.29, 0.717) is 18.6 Å². The third-order valence-electron chi connectivity index (χ3n) is 3.03. The molecule has 7 nitrogen and oxygen atoms in total. The lowest BCUT2D eigenvalue weighted by atomic mass is 10.2. The Kier molecular flexibility index (Phi) is 3.15. The molecule has 0 saturated carbocycles. The van der Waals surface area contributed by atoms with Crippen LogP contribution >= 0.6 is 0 Å². The highest BCUT2D eigenvalue weighted by Gasteiger charge is 2.22. The summed E-state index contributed by atoms with van der Waals surface area (Å²) in [6.07, 6.45) is 1.80. The molecule has 8 heteroatoms. The molecule has 3 rings (SSSR count). The molecular formula is C12H10FN3O4. The van der Waals surface area contributed by atoms with Crippen LogP contribution in [0.15, 0.2) is 18.5 Å². The van der Waals surface area contributed by atoms with E-state index >= 15 is 0 Å². The Morgan fingerprint density at radius 2 is 2.30 bits per heavy atom. The van der Waals surface area contributed by atoms with Crippen molar-refractivity contribution in [3.63, 3.8) is 0 Å². The summed E-state index contributed by atoms with van der Waals surface area (Å²) >= 11 is 0. The van der Waals surface area contributed by atoms with Crippen LogP contribution in [0.1, 0.15) is 6.42 Å².